The van der Waals surface area contributed by atoms with Crippen molar-refractivity contribution in [2.45, 2.75) is 102 Å². The first-order valence-corrected chi connectivity index (χ1v) is 17.0. The highest BCUT2D eigenvalue weighted by Gasteiger charge is 2.51. The van der Waals surface area contributed by atoms with Crippen LogP contribution in [0.25, 0.3) is 0 Å². The normalized spacial score (nSPS) is 28.4. The zero-order valence-electron chi connectivity index (χ0n) is 27.5. The summed E-state index contributed by atoms with van der Waals surface area (Å²) in [4.78, 5) is 52.1. The highest BCUT2D eigenvalue weighted by Crippen LogP contribution is 2.41. The number of rotatable bonds is 6. The van der Waals surface area contributed by atoms with Crippen LogP contribution >= 0.6 is 11.6 Å². The fraction of sp³-hybridized carbons (Fsp3) is 0.735. The predicted octanol–water partition coefficient (Wildman–Crippen LogP) is 4.71. The lowest BCUT2D eigenvalue weighted by atomic mass is 9.87. The Morgan fingerprint density at radius 2 is 1.56 bits per heavy atom. The van der Waals surface area contributed by atoms with Crippen LogP contribution in [0.4, 0.5) is 8.78 Å². The molecule has 3 heterocycles. The number of alkyl halides is 2. The average molecular weight is 650 g/mol. The van der Waals surface area contributed by atoms with Gasteiger partial charge in [-0.1, -0.05) is 30.7 Å². The van der Waals surface area contributed by atoms with Crippen LogP contribution in [-0.4, -0.2) is 124 Å². The molecule has 3 amide bonds. The summed E-state index contributed by atoms with van der Waals surface area (Å²) in [5.41, 5.74) is 0.878. The third-order valence-corrected chi connectivity index (χ3v) is 11.0. The summed E-state index contributed by atoms with van der Waals surface area (Å²) < 4.78 is 28.2. The van der Waals surface area contributed by atoms with Crippen molar-refractivity contribution in [1.82, 2.24) is 24.5 Å². The molecule has 1 saturated carbocycles. The van der Waals surface area contributed by atoms with Gasteiger partial charge < -0.3 is 19.6 Å². The van der Waals surface area contributed by atoms with Gasteiger partial charge in [-0.2, -0.15) is 0 Å². The Morgan fingerprint density at radius 3 is 2.11 bits per heavy atom. The van der Waals surface area contributed by atoms with Crippen molar-refractivity contribution in [1.29, 1.82) is 0 Å². The van der Waals surface area contributed by atoms with Crippen LogP contribution < -0.4 is 0 Å². The van der Waals surface area contributed by atoms with Crippen molar-refractivity contribution in [3.8, 4) is 0 Å². The molecular weight excluding hydrogens is 600 g/mol. The minimum Gasteiger partial charge on any atom is -0.338 e. The van der Waals surface area contributed by atoms with Crippen LogP contribution in [0.5, 0.6) is 0 Å². The zero-order chi connectivity index (χ0) is 32.7. The van der Waals surface area contributed by atoms with E-state index in [1.807, 2.05) is 29.2 Å². The van der Waals surface area contributed by atoms with Gasteiger partial charge in [-0.25, -0.2) is 8.78 Å². The van der Waals surface area contributed by atoms with Crippen LogP contribution in [0.2, 0.25) is 5.02 Å². The van der Waals surface area contributed by atoms with Crippen LogP contribution in [-0.2, 0) is 14.4 Å². The van der Waals surface area contributed by atoms with Crippen molar-refractivity contribution in [3.05, 3.63) is 34.9 Å². The van der Waals surface area contributed by atoms with Gasteiger partial charge in [-0.05, 0) is 64.3 Å². The summed E-state index contributed by atoms with van der Waals surface area (Å²) in [6.45, 7) is 15.2. The van der Waals surface area contributed by atoms with E-state index >= 15 is 0 Å². The second-order valence-electron chi connectivity index (χ2n) is 14.5. The fourth-order valence-corrected chi connectivity index (χ4v) is 8.09. The highest BCUT2D eigenvalue weighted by atomic mass is 35.5. The quantitative estimate of drug-likeness (QED) is 0.447. The van der Waals surface area contributed by atoms with Gasteiger partial charge in [-0.15, -0.1) is 0 Å². The summed E-state index contributed by atoms with van der Waals surface area (Å²) in [6.07, 6.45) is 0.252. The molecule has 4 aliphatic rings. The molecule has 0 spiro atoms. The Kier molecular flexibility index (Phi) is 10.2. The van der Waals surface area contributed by atoms with Crippen LogP contribution in [0, 0.1) is 5.92 Å². The van der Waals surface area contributed by atoms with Gasteiger partial charge in [0.05, 0.1) is 12.0 Å². The summed E-state index contributed by atoms with van der Waals surface area (Å²) in [5.74, 6) is -3.51. The molecule has 4 atom stereocenters. The molecule has 5 rings (SSSR count). The maximum atomic E-state index is 14.8. The van der Waals surface area contributed by atoms with Crippen LogP contribution in [0.1, 0.15) is 78.2 Å². The third-order valence-electron chi connectivity index (χ3n) is 10.7. The highest BCUT2D eigenvalue weighted by molar-refractivity contribution is 6.30. The molecule has 3 saturated heterocycles. The molecule has 0 unspecified atom stereocenters. The maximum absolute atomic E-state index is 14.8. The summed E-state index contributed by atoms with van der Waals surface area (Å²) >= 11 is 6.21. The molecule has 1 aromatic carbocycles. The second-order valence-corrected chi connectivity index (χ2v) is 14.9. The number of likely N-dealkylation sites (tertiary alicyclic amines) is 2. The Hall–Kier alpha value is -2.30. The van der Waals surface area contributed by atoms with Crippen molar-refractivity contribution in [2.24, 2.45) is 5.92 Å². The predicted molar refractivity (Wildman–Crippen MR) is 171 cm³/mol. The van der Waals surface area contributed by atoms with E-state index < -0.39 is 18.0 Å². The molecule has 11 heteroatoms. The minimum absolute atomic E-state index is 0.0750. The molecule has 4 fully saturated rings. The lowest BCUT2D eigenvalue weighted by molar-refractivity contribution is -0.147. The molecule has 0 aromatic heterocycles. The summed E-state index contributed by atoms with van der Waals surface area (Å²) in [5, 5.41) is 0.633. The molecule has 45 heavy (non-hydrogen) atoms. The average Bonchev–Trinajstić information content (AvgIpc) is 3.64. The Balaban J connectivity index is 1.45. The van der Waals surface area contributed by atoms with Gasteiger partial charge in [0, 0.05) is 88.1 Å². The first kappa shape index (κ1) is 34.0. The molecule has 0 radical (unpaired) electrons. The zero-order valence-corrected chi connectivity index (χ0v) is 28.2. The lowest BCUT2D eigenvalue weighted by Gasteiger charge is -2.39. The largest absolute Gasteiger partial charge is 0.338 e. The Bertz CT molecular complexity index is 1220. The van der Waals surface area contributed by atoms with E-state index in [0.29, 0.717) is 37.6 Å². The van der Waals surface area contributed by atoms with Crippen LogP contribution in [0.3, 0.4) is 0 Å². The monoisotopic (exact) mass is 649 g/mol. The first-order chi connectivity index (χ1) is 21.2. The summed E-state index contributed by atoms with van der Waals surface area (Å²) in [7, 11) is 0. The van der Waals surface area contributed by atoms with Gasteiger partial charge in [-0.3, -0.25) is 19.3 Å². The van der Waals surface area contributed by atoms with Gasteiger partial charge in [0.2, 0.25) is 23.6 Å². The molecule has 0 bridgehead atoms. The smallest absolute Gasteiger partial charge is 0.248 e. The van der Waals surface area contributed by atoms with E-state index in [-0.39, 0.29) is 73.4 Å². The second kappa shape index (κ2) is 13.4. The fourth-order valence-electron chi connectivity index (χ4n) is 7.97. The van der Waals surface area contributed by atoms with E-state index in [9.17, 15) is 23.2 Å². The SMILES string of the molecule is CCN1CCN(C(=O)[C@@H]2C[C@H](N(C(C)=O)C3CCC(F)(F)CC3)CN2C(=O)[C@@H]2CN(C(C)(C)C)C[C@H]2c2ccc(Cl)cc2)CC1. The lowest BCUT2D eigenvalue weighted by Crippen LogP contribution is -2.55. The van der Waals surface area contributed by atoms with Gasteiger partial charge in [0.1, 0.15) is 6.04 Å². The van der Waals surface area contributed by atoms with Gasteiger partial charge >= 0.3 is 0 Å². The molecular formula is C34H50ClF2N5O3. The number of piperazine rings is 1. The number of carbonyl (C=O) groups excluding carboxylic acids is 3. The number of halogens is 3. The number of likely N-dealkylation sites (N-methyl/N-ethyl adjacent to an activating group) is 1. The number of carbonyl (C=O) groups is 3. The van der Waals surface area contributed by atoms with E-state index in [2.05, 4.69) is 37.5 Å². The van der Waals surface area contributed by atoms with E-state index in [1.54, 1.807) is 9.80 Å². The molecule has 0 N–H and O–H groups in total. The molecule has 1 aromatic rings. The van der Waals surface area contributed by atoms with Gasteiger partial charge in [0.25, 0.3) is 0 Å². The Morgan fingerprint density at radius 1 is 0.933 bits per heavy atom. The number of nitrogens with zero attached hydrogens (tertiary/aromatic N) is 5. The molecule has 250 valence electrons. The maximum Gasteiger partial charge on any atom is 0.248 e. The Labute approximate surface area is 272 Å². The summed E-state index contributed by atoms with van der Waals surface area (Å²) in [6, 6.07) is 6.25. The topological polar surface area (TPSA) is 67.4 Å². The number of hydrogen-bond donors (Lipinski definition) is 0. The van der Waals surface area contributed by atoms with Crippen molar-refractivity contribution >= 4 is 29.3 Å². The number of benzene rings is 1. The number of hydrogen-bond acceptors (Lipinski definition) is 5. The van der Waals surface area contributed by atoms with Crippen molar-refractivity contribution < 1.29 is 23.2 Å². The third kappa shape index (κ3) is 7.49. The van der Waals surface area contributed by atoms with Gasteiger partial charge in [0.15, 0.2) is 0 Å². The first-order valence-electron chi connectivity index (χ1n) is 16.7. The number of amides is 3. The van der Waals surface area contributed by atoms with Crippen molar-refractivity contribution in [2.75, 3.05) is 52.4 Å². The molecule has 8 nitrogen and oxygen atoms in total. The molecule has 1 aliphatic carbocycles. The van der Waals surface area contributed by atoms with Crippen molar-refractivity contribution in [3.63, 3.8) is 0 Å². The molecule has 3 aliphatic heterocycles. The van der Waals surface area contributed by atoms with E-state index in [0.717, 1.165) is 25.2 Å². The standard InChI is InChI=1S/C34H50ClF2N5O3/c1-6-38-15-17-39(18-16-38)32(45)30-19-27(42(23(2)43)26-11-13-34(36,37)14-12-26)20-41(30)31(44)29-22-40(33(3,4)5)21-28(29)24-7-9-25(35)10-8-24/h7-10,26-30H,6,11-22H2,1-5H3/t27-,28-,29+,30-/m0/s1. The minimum atomic E-state index is -2.71. The van der Waals surface area contributed by atoms with E-state index in [1.165, 1.54) is 6.92 Å². The van der Waals surface area contributed by atoms with Crippen LogP contribution in [0.15, 0.2) is 24.3 Å². The van der Waals surface area contributed by atoms with E-state index in [4.69, 9.17) is 11.6 Å².